The van der Waals surface area contributed by atoms with Crippen LogP contribution in [-0.4, -0.2) is 54.3 Å². The van der Waals surface area contributed by atoms with Crippen LogP contribution >= 0.6 is 0 Å². The van der Waals surface area contributed by atoms with E-state index < -0.39 is 0 Å². The number of nitrogens with two attached hydrogens (primary N) is 1. The van der Waals surface area contributed by atoms with E-state index in [1.54, 1.807) is 6.07 Å². The van der Waals surface area contributed by atoms with Crippen LogP contribution in [0.15, 0.2) is 6.07 Å². The predicted molar refractivity (Wildman–Crippen MR) is 80.9 cm³/mol. The Labute approximate surface area is 120 Å². The lowest BCUT2D eigenvalue weighted by Crippen LogP contribution is -2.37. The van der Waals surface area contributed by atoms with Crippen molar-refractivity contribution in [3.05, 3.63) is 11.9 Å². The highest BCUT2D eigenvalue weighted by Gasteiger charge is 2.09. The molecule has 0 saturated carbocycles. The van der Waals surface area contributed by atoms with Crippen molar-refractivity contribution >= 4 is 11.6 Å². The monoisotopic (exact) mass is 279 g/mol. The Hall–Kier alpha value is -1.40. The van der Waals surface area contributed by atoms with Crippen LogP contribution in [0.3, 0.4) is 0 Å². The molecule has 1 aliphatic rings. The summed E-state index contributed by atoms with van der Waals surface area (Å²) < 4.78 is 5.34. The van der Waals surface area contributed by atoms with Crippen molar-refractivity contribution in [2.24, 2.45) is 0 Å². The molecule has 6 nitrogen and oxygen atoms in total. The molecule has 1 fully saturated rings. The molecule has 0 atom stereocenters. The van der Waals surface area contributed by atoms with Crippen molar-refractivity contribution in [3.63, 3.8) is 0 Å². The molecule has 0 unspecified atom stereocenters. The Bertz CT molecular complexity index is 418. The number of hydrogen-bond acceptors (Lipinski definition) is 6. The summed E-state index contributed by atoms with van der Waals surface area (Å²) in [6, 6.07) is 1.79. The summed E-state index contributed by atoms with van der Waals surface area (Å²) in [5.74, 6) is 2.43. The maximum Gasteiger partial charge on any atom is 0.135 e. The highest BCUT2D eigenvalue weighted by Crippen LogP contribution is 2.14. The summed E-state index contributed by atoms with van der Waals surface area (Å²) in [6.45, 7) is 9.91. The minimum atomic E-state index is 0.285. The van der Waals surface area contributed by atoms with Gasteiger partial charge in [0.15, 0.2) is 0 Å². The number of anilines is 2. The number of ether oxygens (including phenoxy) is 1. The molecule has 0 spiro atoms. The minimum Gasteiger partial charge on any atom is -0.384 e. The van der Waals surface area contributed by atoms with Gasteiger partial charge in [-0.1, -0.05) is 13.8 Å². The van der Waals surface area contributed by atoms with Gasteiger partial charge in [-0.05, 0) is 13.0 Å². The standard InChI is InChI=1S/C14H25N5O/c1-11(2)14-17-12(15)10-13(18-14)16-4-3-5-19-6-8-20-9-7-19/h10-11H,3-9H2,1-2H3,(H3,15,16,17,18). The fourth-order valence-corrected chi connectivity index (χ4v) is 2.18. The second-order valence-electron chi connectivity index (χ2n) is 5.43. The van der Waals surface area contributed by atoms with Crippen LogP contribution in [0, 0.1) is 0 Å². The molecule has 6 heteroatoms. The largest absolute Gasteiger partial charge is 0.384 e. The highest BCUT2D eigenvalue weighted by atomic mass is 16.5. The lowest BCUT2D eigenvalue weighted by Gasteiger charge is -2.26. The summed E-state index contributed by atoms with van der Waals surface area (Å²) in [7, 11) is 0. The third-order valence-electron chi connectivity index (χ3n) is 3.34. The average molecular weight is 279 g/mol. The second kappa shape index (κ2) is 7.40. The molecule has 3 N–H and O–H groups in total. The van der Waals surface area contributed by atoms with Gasteiger partial charge in [0.25, 0.3) is 0 Å². The van der Waals surface area contributed by atoms with E-state index in [4.69, 9.17) is 10.5 Å². The maximum absolute atomic E-state index is 5.81. The molecule has 2 rings (SSSR count). The fraction of sp³-hybridized carbons (Fsp3) is 0.714. The van der Waals surface area contributed by atoms with Gasteiger partial charge in [0.05, 0.1) is 13.2 Å². The van der Waals surface area contributed by atoms with Crippen LogP contribution in [0.1, 0.15) is 32.0 Å². The van der Waals surface area contributed by atoms with Gasteiger partial charge in [-0.2, -0.15) is 0 Å². The van der Waals surface area contributed by atoms with Gasteiger partial charge in [0.1, 0.15) is 17.5 Å². The van der Waals surface area contributed by atoms with Crippen molar-refractivity contribution in [1.29, 1.82) is 0 Å². The summed E-state index contributed by atoms with van der Waals surface area (Å²) in [4.78, 5) is 11.2. The third-order valence-corrected chi connectivity index (χ3v) is 3.34. The van der Waals surface area contributed by atoms with Gasteiger partial charge < -0.3 is 15.8 Å². The Morgan fingerprint density at radius 2 is 2.10 bits per heavy atom. The van der Waals surface area contributed by atoms with E-state index in [0.29, 0.717) is 5.82 Å². The van der Waals surface area contributed by atoms with E-state index in [0.717, 1.165) is 57.5 Å². The van der Waals surface area contributed by atoms with Crippen LogP contribution < -0.4 is 11.1 Å². The molecule has 0 aliphatic carbocycles. The van der Waals surface area contributed by atoms with Crippen LogP contribution in [-0.2, 0) is 4.74 Å². The molecule has 2 heterocycles. The van der Waals surface area contributed by atoms with E-state index in [9.17, 15) is 0 Å². The Morgan fingerprint density at radius 3 is 2.80 bits per heavy atom. The number of nitrogens with zero attached hydrogens (tertiary/aromatic N) is 3. The number of nitrogen functional groups attached to an aromatic ring is 1. The number of morpholine rings is 1. The molecule has 0 bridgehead atoms. The van der Waals surface area contributed by atoms with E-state index in [1.807, 2.05) is 0 Å². The number of hydrogen-bond donors (Lipinski definition) is 2. The van der Waals surface area contributed by atoms with E-state index in [1.165, 1.54) is 0 Å². The Kier molecular flexibility index (Phi) is 5.55. The van der Waals surface area contributed by atoms with Crippen LogP contribution in [0.4, 0.5) is 11.6 Å². The van der Waals surface area contributed by atoms with Gasteiger partial charge in [0.2, 0.25) is 0 Å². The molecule has 1 aliphatic heterocycles. The molecule has 0 amide bonds. The first-order valence-electron chi connectivity index (χ1n) is 7.33. The first-order valence-corrected chi connectivity index (χ1v) is 7.33. The fourth-order valence-electron chi connectivity index (χ4n) is 2.18. The van der Waals surface area contributed by atoms with E-state index in [-0.39, 0.29) is 5.92 Å². The molecule has 1 saturated heterocycles. The summed E-state index contributed by atoms with van der Waals surface area (Å²) in [5.41, 5.74) is 5.81. The quantitative estimate of drug-likeness (QED) is 0.765. The lowest BCUT2D eigenvalue weighted by atomic mass is 10.2. The smallest absolute Gasteiger partial charge is 0.135 e. The molecule has 1 aromatic rings. The zero-order valence-corrected chi connectivity index (χ0v) is 12.4. The second-order valence-corrected chi connectivity index (χ2v) is 5.43. The Balaban J connectivity index is 1.75. The van der Waals surface area contributed by atoms with Crippen molar-refractivity contribution in [3.8, 4) is 0 Å². The molecule has 0 radical (unpaired) electrons. The number of aromatic nitrogens is 2. The van der Waals surface area contributed by atoms with Gasteiger partial charge in [0, 0.05) is 31.6 Å². The molecule has 1 aromatic heterocycles. The van der Waals surface area contributed by atoms with Crippen molar-refractivity contribution < 1.29 is 4.74 Å². The third kappa shape index (κ3) is 4.61. The van der Waals surface area contributed by atoms with Crippen LogP contribution in [0.2, 0.25) is 0 Å². The predicted octanol–water partition coefficient (Wildman–Crippen LogP) is 1.32. The maximum atomic E-state index is 5.81. The van der Waals surface area contributed by atoms with Gasteiger partial charge in [-0.25, -0.2) is 9.97 Å². The van der Waals surface area contributed by atoms with Crippen molar-refractivity contribution in [2.45, 2.75) is 26.2 Å². The van der Waals surface area contributed by atoms with Gasteiger partial charge >= 0.3 is 0 Å². The molecule has 20 heavy (non-hydrogen) atoms. The topological polar surface area (TPSA) is 76.3 Å². The minimum absolute atomic E-state index is 0.285. The zero-order chi connectivity index (χ0) is 14.4. The van der Waals surface area contributed by atoms with E-state index >= 15 is 0 Å². The lowest BCUT2D eigenvalue weighted by molar-refractivity contribution is 0.0378. The van der Waals surface area contributed by atoms with Crippen LogP contribution in [0.25, 0.3) is 0 Å². The van der Waals surface area contributed by atoms with Crippen molar-refractivity contribution in [1.82, 2.24) is 14.9 Å². The first kappa shape index (κ1) is 15.0. The van der Waals surface area contributed by atoms with Crippen LogP contribution in [0.5, 0.6) is 0 Å². The first-order chi connectivity index (χ1) is 9.65. The van der Waals surface area contributed by atoms with Gasteiger partial charge in [-0.3, -0.25) is 4.90 Å². The van der Waals surface area contributed by atoms with Crippen molar-refractivity contribution in [2.75, 3.05) is 50.4 Å². The molecular formula is C14H25N5O. The molecule has 0 aromatic carbocycles. The molecule has 112 valence electrons. The SMILES string of the molecule is CC(C)c1nc(N)cc(NCCCN2CCOCC2)n1. The summed E-state index contributed by atoms with van der Waals surface area (Å²) in [6.07, 6.45) is 1.08. The molecular weight excluding hydrogens is 254 g/mol. The summed E-state index contributed by atoms with van der Waals surface area (Å²) >= 11 is 0. The zero-order valence-electron chi connectivity index (χ0n) is 12.4. The number of rotatable bonds is 6. The van der Waals surface area contributed by atoms with Gasteiger partial charge in [-0.15, -0.1) is 0 Å². The van der Waals surface area contributed by atoms with E-state index in [2.05, 4.69) is 34.0 Å². The summed E-state index contributed by atoms with van der Waals surface area (Å²) in [5, 5.41) is 3.33. The highest BCUT2D eigenvalue weighted by molar-refractivity contribution is 5.44. The average Bonchev–Trinajstić information content (AvgIpc) is 2.44. The number of nitrogens with one attached hydrogen (secondary N) is 1. The normalized spacial score (nSPS) is 16.6. The Morgan fingerprint density at radius 1 is 1.35 bits per heavy atom.